The zero-order chi connectivity index (χ0) is 21.1. The van der Waals surface area contributed by atoms with Crippen LogP contribution in [-0.4, -0.2) is 41.0 Å². The number of anilines is 1. The first-order valence-corrected chi connectivity index (χ1v) is 10.7. The van der Waals surface area contributed by atoms with Crippen LogP contribution in [0, 0.1) is 5.82 Å². The number of aromatic nitrogens is 2. The fourth-order valence-electron chi connectivity index (χ4n) is 3.93. The maximum absolute atomic E-state index is 14.9. The van der Waals surface area contributed by atoms with E-state index in [9.17, 15) is 9.18 Å². The van der Waals surface area contributed by atoms with Gasteiger partial charge in [-0.15, -0.1) is 0 Å². The van der Waals surface area contributed by atoms with E-state index in [2.05, 4.69) is 9.97 Å². The number of hydrogen-bond acceptors (Lipinski definition) is 6. The Morgan fingerprint density at radius 2 is 1.93 bits per heavy atom. The molecule has 2 heterocycles. The normalized spacial score (nSPS) is 20.0. The van der Waals surface area contributed by atoms with E-state index >= 15 is 0 Å². The van der Waals surface area contributed by atoms with Crippen LogP contribution in [0.4, 0.5) is 10.2 Å². The van der Waals surface area contributed by atoms with Gasteiger partial charge in [-0.25, -0.2) is 4.98 Å². The summed E-state index contributed by atoms with van der Waals surface area (Å²) in [4.78, 5) is 21.3. The molecule has 1 aliphatic carbocycles. The number of rotatable bonds is 8. The Morgan fingerprint density at radius 3 is 2.60 bits per heavy atom. The van der Waals surface area contributed by atoms with Crippen LogP contribution in [0.15, 0.2) is 30.6 Å². The zero-order valence-electron chi connectivity index (χ0n) is 17.5. The van der Waals surface area contributed by atoms with Crippen LogP contribution in [0.2, 0.25) is 0 Å². The lowest BCUT2D eigenvalue weighted by molar-refractivity contribution is -0.117. The van der Waals surface area contributed by atoms with Gasteiger partial charge in [0.25, 0.3) is 5.88 Å². The number of ketones is 1. The van der Waals surface area contributed by atoms with E-state index in [4.69, 9.17) is 9.47 Å². The first kappa shape index (κ1) is 20.6. The molecule has 1 saturated heterocycles. The zero-order valence-corrected chi connectivity index (χ0v) is 17.5. The Morgan fingerprint density at radius 1 is 1.17 bits per heavy atom. The Hall–Kier alpha value is -2.70. The molecule has 1 aromatic heterocycles. The molecule has 30 heavy (non-hydrogen) atoms. The van der Waals surface area contributed by atoms with E-state index in [0.717, 1.165) is 37.0 Å². The standard InChI is InChI=1S/C23H28FN3O3/c1-15(12-16(2)28)17-6-8-19(9-7-17)29-20-10-11-27(13-20)22-21(24)23(26-14-25-22)30-18-4-3-5-18/h6-9,14-15,18,20H,3-5,10-13H2,1-2H3/t15-,20-/m1/s1. The lowest BCUT2D eigenvalue weighted by Crippen LogP contribution is -2.28. The van der Waals surface area contributed by atoms with Gasteiger partial charge < -0.3 is 19.2 Å². The van der Waals surface area contributed by atoms with Gasteiger partial charge in [0.1, 0.15) is 30.1 Å². The van der Waals surface area contributed by atoms with E-state index in [1.54, 1.807) is 6.92 Å². The van der Waals surface area contributed by atoms with Crippen LogP contribution in [0.5, 0.6) is 11.6 Å². The Labute approximate surface area is 176 Å². The molecule has 1 saturated carbocycles. The second kappa shape index (κ2) is 8.98. The van der Waals surface area contributed by atoms with Crippen molar-refractivity contribution < 1.29 is 18.7 Å². The van der Waals surface area contributed by atoms with Gasteiger partial charge in [0.2, 0.25) is 5.82 Å². The van der Waals surface area contributed by atoms with Crippen LogP contribution < -0.4 is 14.4 Å². The average Bonchev–Trinajstić information content (AvgIpc) is 3.14. The van der Waals surface area contributed by atoms with E-state index in [-0.39, 0.29) is 35.6 Å². The monoisotopic (exact) mass is 413 g/mol. The minimum Gasteiger partial charge on any atom is -0.489 e. The highest BCUT2D eigenvalue weighted by atomic mass is 19.1. The molecule has 0 radical (unpaired) electrons. The summed E-state index contributed by atoms with van der Waals surface area (Å²) in [5.41, 5.74) is 1.12. The first-order chi connectivity index (χ1) is 14.5. The van der Waals surface area contributed by atoms with Crippen LogP contribution >= 0.6 is 0 Å². The number of benzene rings is 1. The van der Waals surface area contributed by atoms with Crippen molar-refractivity contribution in [3.8, 4) is 11.6 Å². The van der Waals surface area contributed by atoms with Crippen molar-refractivity contribution in [2.75, 3.05) is 18.0 Å². The molecule has 7 heteroatoms. The highest BCUT2D eigenvalue weighted by molar-refractivity contribution is 5.76. The summed E-state index contributed by atoms with van der Waals surface area (Å²) in [7, 11) is 0. The molecule has 4 rings (SSSR count). The molecule has 0 spiro atoms. The van der Waals surface area contributed by atoms with Crippen LogP contribution in [-0.2, 0) is 4.79 Å². The fourth-order valence-corrected chi connectivity index (χ4v) is 3.93. The lowest BCUT2D eigenvalue weighted by Gasteiger charge is -2.26. The van der Waals surface area contributed by atoms with E-state index < -0.39 is 5.82 Å². The topological polar surface area (TPSA) is 64.5 Å². The molecular formula is C23H28FN3O3. The fraction of sp³-hybridized carbons (Fsp3) is 0.522. The van der Waals surface area contributed by atoms with Gasteiger partial charge in [0.15, 0.2) is 5.82 Å². The Bertz CT molecular complexity index is 886. The van der Waals surface area contributed by atoms with Crippen LogP contribution in [0.25, 0.3) is 0 Å². The minimum atomic E-state index is -0.492. The SMILES string of the molecule is CC(=O)C[C@@H](C)c1ccc(O[C@@H]2CCN(c3ncnc(OC4CCC4)c3F)C2)cc1. The summed E-state index contributed by atoms with van der Waals surface area (Å²) in [5.74, 6) is 0.984. The number of Topliss-reactive ketones (excluding diaryl/α,β-unsaturated/α-hetero) is 1. The summed E-state index contributed by atoms with van der Waals surface area (Å²) in [6.07, 6.45) is 5.72. The number of hydrogen-bond donors (Lipinski definition) is 0. The maximum atomic E-state index is 14.9. The Kier molecular flexibility index (Phi) is 6.16. The maximum Gasteiger partial charge on any atom is 0.256 e. The van der Waals surface area contributed by atoms with Crippen molar-refractivity contribution in [1.29, 1.82) is 0 Å². The van der Waals surface area contributed by atoms with Gasteiger partial charge in [0, 0.05) is 19.4 Å². The molecule has 0 bridgehead atoms. The van der Waals surface area contributed by atoms with Gasteiger partial charge in [0.05, 0.1) is 6.54 Å². The number of nitrogens with zero attached hydrogens (tertiary/aromatic N) is 3. The highest BCUT2D eigenvalue weighted by Crippen LogP contribution is 2.31. The molecule has 1 aromatic carbocycles. The van der Waals surface area contributed by atoms with E-state index in [0.29, 0.717) is 19.5 Å². The highest BCUT2D eigenvalue weighted by Gasteiger charge is 2.30. The number of halogens is 1. The second-order valence-corrected chi connectivity index (χ2v) is 8.34. The number of carbonyl (C=O) groups is 1. The average molecular weight is 413 g/mol. The second-order valence-electron chi connectivity index (χ2n) is 8.34. The molecule has 0 N–H and O–H groups in total. The molecule has 2 aromatic rings. The molecule has 6 nitrogen and oxygen atoms in total. The van der Waals surface area contributed by atoms with E-state index in [1.165, 1.54) is 6.33 Å². The summed E-state index contributed by atoms with van der Waals surface area (Å²) >= 11 is 0. The van der Waals surface area contributed by atoms with Crippen LogP contribution in [0.1, 0.15) is 57.4 Å². The van der Waals surface area contributed by atoms with Gasteiger partial charge in [-0.1, -0.05) is 19.1 Å². The first-order valence-electron chi connectivity index (χ1n) is 10.7. The summed E-state index contributed by atoms with van der Waals surface area (Å²) < 4.78 is 26.6. The Balaban J connectivity index is 1.35. The summed E-state index contributed by atoms with van der Waals surface area (Å²) in [6.45, 7) is 4.88. The third-order valence-corrected chi connectivity index (χ3v) is 5.86. The lowest BCUT2D eigenvalue weighted by atomic mass is 9.96. The van der Waals surface area contributed by atoms with Crippen molar-refractivity contribution >= 4 is 11.6 Å². The van der Waals surface area contributed by atoms with Gasteiger partial charge in [-0.3, -0.25) is 0 Å². The molecular weight excluding hydrogens is 385 g/mol. The van der Waals surface area contributed by atoms with Gasteiger partial charge >= 0.3 is 0 Å². The largest absolute Gasteiger partial charge is 0.489 e. The van der Waals surface area contributed by atoms with Gasteiger partial charge in [-0.2, -0.15) is 9.37 Å². The molecule has 160 valence electrons. The van der Waals surface area contributed by atoms with Crippen LogP contribution in [0.3, 0.4) is 0 Å². The van der Waals surface area contributed by atoms with E-state index in [1.807, 2.05) is 36.1 Å². The molecule has 1 aliphatic heterocycles. The predicted octanol–water partition coefficient (Wildman–Crippen LogP) is 4.29. The molecule has 0 amide bonds. The smallest absolute Gasteiger partial charge is 0.256 e. The van der Waals surface area contributed by atoms with Crippen molar-refractivity contribution in [3.05, 3.63) is 42.0 Å². The quantitative estimate of drug-likeness (QED) is 0.643. The summed E-state index contributed by atoms with van der Waals surface area (Å²) in [5, 5.41) is 0. The molecule has 2 fully saturated rings. The van der Waals surface area contributed by atoms with Crippen molar-refractivity contribution in [3.63, 3.8) is 0 Å². The third kappa shape index (κ3) is 4.71. The minimum absolute atomic E-state index is 0.0455. The molecule has 2 atom stereocenters. The third-order valence-electron chi connectivity index (χ3n) is 5.86. The molecule has 2 aliphatic rings. The van der Waals surface area contributed by atoms with Crippen molar-refractivity contribution in [2.45, 2.75) is 64.1 Å². The van der Waals surface area contributed by atoms with Crippen molar-refractivity contribution in [2.24, 2.45) is 0 Å². The van der Waals surface area contributed by atoms with Crippen molar-refractivity contribution in [1.82, 2.24) is 9.97 Å². The number of carbonyl (C=O) groups excluding carboxylic acids is 1. The summed E-state index contributed by atoms with van der Waals surface area (Å²) in [6, 6.07) is 7.88. The predicted molar refractivity (Wildman–Crippen MR) is 112 cm³/mol. The number of ether oxygens (including phenoxy) is 2. The molecule has 0 unspecified atom stereocenters. The van der Waals surface area contributed by atoms with Gasteiger partial charge in [-0.05, 0) is 49.8 Å².